The number of piperidine rings is 1. The molecule has 3 rings (SSSR count). The third-order valence-electron chi connectivity index (χ3n) is 5.09. The van der Waals surface area contributed by atoms with Crippen LogP contribution in [0.4, 0.5) is 0 Å². The Morgan fingerprint density at radius 1 is 1.07 bits per heavy atom. The molecular weight excluding hydrogens is 336 g/mol. The minimum absolute atomic E-state index is 0.0280. The fourth-order valence-electron chi connectivity index (χ4n) is 3.59. The largest absolute Gasteiger partial charge is 0.352 e. The van der Waals surface area contributed by atoms with Gasteiger partial charge in [0.25, 0.3) is 11.8 Å². The molecule has 2 aromatic rings. The number of likely N-dealkylation sites (tertiary alicyclic amines) is 1. The lowest BCUT2D eigenvalue weighted by Crippen LogP contribution is -2.39. The van der Waals surface area contributed by atoms with Crippen LogP contribution in [0.2, 0.25) is 0 Å². The quantitative estimate of drug-likeness (QED) is 0.790. The zero-order valence-electron chi connectivity index (χ0n) is 16.0. The zero-order chi connectivity index (χ0) is 19.1. The Labute approximate surface area is 161 Å². The number of aryl methyl sites for hydroxylation is 1. The Morgan fingerprint density at radius 2 is 1.85 bits per heavy atom. The van der Waals surface area contributed by atoms with Crippen molar-refractivity contribution in [1.29, 1.82) is 0 Å². The monoisotopic (exact) mass is 364 g/mol. The van der Waals surface area contributed by atoms with Crippen molar-refractivity contribution in [3.05, 3.63) is 71.3 Å². The summed E-state index contributed by atoms with van der Waals surface area (Å²) >= 11 is 0. The maximum Gasteiger partial charge on any atom is 0.253 e. The number of carbonyl (C=O) groups is 2. The second kappa shape index (κ2) is 9.36. The van der Waals surface area contributed by atoms with Crippen LogP contribution in [0, 0.1) is 5.92 Å². The van der Waals surface area contributed by atoms with Crippen LogP contribution >= 0.6 is 0 Å². The lowest BCUT2D eigenvalue weighted by atomic mass is 9.99. The van der Waals surface area contributed by atoms with Crippen LogP contribution in [0.5, 0.6) is 0 Å². The highest BCUT2D eigenvalue weighted by atomic mass is 16.2. The lowest BCUT2D eigenvalue weighted by Gasteiger charge is -2.31. The summed E-state index contributed by atoms with van der Waals surface area (Å²) < 4.78 is 0. The highest BCUT2D eigenvalue weighted by molar-refractivity contribution is 5.99. The SMILES string of the molecule is CC1CCCN(C(=O)c2cccc(C(=O)NCCCc3ccccc3)c2)C1. The van der Waals surface area contributed by atoms with Crippen LogP contribution in [-0.4, -0.2) is 36.3 Å². The first-order chi connectivity index (χ1) is 13.1. The van der Waals surface area contributed by atoms with E-state index in [9.17, 15) is 9.59 Å². The van der Waals surface area contributed by atoms with Gasteiger partial charge >= 0.3 is 0 Å². The highest BCUT2D eigenvalue weighted by Crippen LogP contribution is 2.18. The Kier molecular flexibility index (Phi) is 6.64. The maximum atomic E-state index is 12.7. The molecule has 1 fully saturated rings. The van der Waals surface area contributed by atoms with Crippen molar-refractivity contribution in [2.24, 2.45) is 5.92 Å². The molecule has 1 aliphatic rings. The standard InChI is InChI=1S/C23H28N2O2/c1-18-8-7-15-25(17-18)23(27)21-13-5-12-20(16-21)22(26)24-14-6-11-19-9-3-2-4-10-19/h2-5,9-10,12-13,16,18H,6-8,11,14-15,17H2,1H3,(H,24,26). The number of carbonyl (C=O) groups excluding carboxylic acids is 2. The molecule has 0 spiro atoms. The lowest BCUT2D eigenvalue weighted by molar-refractivity contribution is 0.0683. The number of nitrogens with one attached hydrogen (secondary N) is 1. The number of nitrogens with zero attached hydrogens (tertiary/aromatic N) is 1. The zero-order valence-corrected chi connectivity index (χ0v) is 16.0. The molecular formula is C23H28N2O2. The number of hydrogen-bond donors (Lipinski definition) is 1. The van der Waals surface area contributed by atoms with E-state index in [1.165, 1.54) is 12.0 Å². The fraction of sp³-hybridized carbons (Fsp3) is 0.391. The highest BCUT2D eigenvalue weighted by Gasteiger charge is 2.22. The van der Waals surface area contributed by atoms with Gasteiger partial charge in [-0.1, -0.05) is 43.3 Å². The molecule has 4 nitrogen and oxygen atoms in total. The van der Waals surface area contributed by atoms with Gasteiger partial charge in [-0.3, -0.25) is 9.59 Å². The summed E-state index contributed by atoms with van der Waals surface area (Å²) in [6.45, 7) is 4.40. The summed E-state index contributed by atoms with van der Waals surface area (Å²) in [5.74, 6) is 0.448. The van der Waals surface area contributed by atoms with Crippen LogP contribution in [0.15, 0.2) is 54.6 Å². The van der Waals surface area contributed by atoms with Gasteiger partial charge in [0, 0.05) is 30.8 Å². The van der Waals surface area contributed by atoms with Gasteiger partial charge in [-0.25, -0.2) is 0 Å². The topological polar surface area (TPSA) is 49.4 Å². The molecule has 2 aromatic carbocycles. The molecule has 1 N–H and O–H groups in total. The van der Waals surface area contributed by atoms with Gasteiger partial charge in [-0.2, -0.15) is 0 Å². The van der Waals surface area contributed by atoms with Crippen LogP contribution in [0.1, 0.15) is 52.5 Å². The van der Waals surface area contributed by atoms with E-state index in [2.05, 4.69) is 24.4 Å². The number of benzene rings is 2. The van der Waals surface area contributed by atoms with E-state index >= 15 is 0 Å². The van der Waals surface area contributed by atoms with E-state index < -0.39 is 0 Å². The molecule has 1 heterocycles. The number of rotatable bonds is 6. The Balaban J connectivity index is 1.53. The van der Waals surface area contributed by atoms with Gasteiger partial charge in [-0.05, 0) is 55.4 Å². The predicted molar refractivity (Wildman–Crippen MR) is 108 cm³/mol. The summed E-state index contributed by atoms with van der Waals surface area (Å²) in [6, 6.07) is 17.3. The first-order valence-corrected chi connectivity index (χ1v) is 9.85. The fourth-order valence-corrected chi connectivity index (χ4v) is 3.59. The molecule has 142 valence electrons. The van der Waals surface area contributed by atoms with Gasteiger partial charge in [0.05, 0.1) is 0 Å². The number of amides is 2. The average molecular weight is 364 g/mol. The molecule has 1 atom stereocenters. The molecule has 1 aliphatic heterocycles. The third kappa shape index (κ3) is 5.43. The first kappa shape index (κ1) is 19.2. The molecule has 0 aliphatic carbocycles. The summed E-state index contributed by atoms with van der Waals surface area (Å²) in [7, 11) is 0. The van der Waals surface area contributed by atoms with Crippen molar-refractivity contribution in [1.82, 2.24) is 10.2 Å². The third-order valence-corrected chi connectivity index (χ3v) is 5.09. The van der Waals surface area contributed by atoms with Crippen LogP contribution in [0.25, 0.3) is 0 Å². The second-order valence-electron chi connectivity index (χ2n) is 7.42. The average Bonchev–Trinajstić information content (AvgIpc) is 2.71. The van der Waals surface area contributed by atoms with Crippen molar-refractivity contribution >= 4 is 11.8 Å². The van der Waals surface area contributed by atoms with Crippen molar-refractivity contribution in [2.45, 2.75) is 32.6 Å². The minimum Gasteiger partial charge on any atom is -0.352 e. The Hall–Kier alpha value is -2.62. The minimum atomic E-state index is -0.121. The molecule has 4 heteroatoms. The predicted octanol–water partition coefficient (Wildman–Crippen LogP) is 3.92. The Bertz CT molecular complexity index is 773. The van der Waals surface area contributed by atoms with Crippen LogP contribution in [0.3, 0.4) is 0 Å². The van der Waals surface area contributed by atoms with E-state index in [0.29, 0.717) is 23.6 Å². The van der Waals surface area contributed by atoms with Crippen molar-refractivity contribution < 1.29 is 9.59 Å². The second-order valence-corrected chi connectivity index (χ2v) is 7.42. The normalized spacial score (nSPS) is 16.8. The molecule has 1 unspecified atom stereocenters. The van der Waals surface area contributed by atoms with Gasteiger partial charge in [0.2, 0.25) is 0 Å². The van der Waals surface area contributed by atoms with E-state index in [1.54, 1.807) is 24.3 Å². The first-order valence-electron chi connectivity index (χ1n) is 9.85. The van der Waals surface area contributed by atoms with Gasteiger partial charge < -0.3 is 10.2 Å². The van der Waals surface area contributed by atoms with E-state index in [-0.39, 0.29) is 11.8 Å². The number of hydrogen-bond acceptors (Lipinski definition) is 2. The van der Waals surface area contributed by atoms with E-state index in [0.717, 1.165) is 32.4 Å². The van der Waals surface area contributed by atoms with E-state index in [1.807, 2.05) is 23.1 Å². The summed E-state index contributed by atoms with van der Waals surface area (Å²) in [5, 5.41) is 2.96. The maximum absolute atomic E-state index is 12.7. The van der Waals surface area contributed by atoms with Crippen molar-refractivity contribution in [2.75, 3.05) is 19.6 Å². The molecule has 0 saturated carbocycles. The van der Waals surface area contributed by atoms with Gasteiger partial charge in [0.15, 0.2) is 0 Å². The van der Waals surface area contributed by atoms with Crippen LogP contribution < -0.4 is 5.32 Å². The van der Waals surface area contributed by atoms with Crippen molar-refractivity contribution in [3.63, 3.8) is 0 Å². The molecule has 2 amide bonds. The summed E-state index contributed by atoms with van der Waals surface area (Å²) in [5.41, 5.74) is 2.42. The van der Waals surface area contributed by atoms with Crippen molar-refractivity contribution in [3.8, 4) is 0 Å². The van der Waals surface area contributed by atoms with E-state index in [4.69, 9.17) is 0 Å². The summed E-state index contributed by atoms with van der Waals surface area (Å²) in [6.07, 6.45) is 4.05. The molecule has 1 saturated heterocycles. The Morgan fingerprint density at radius 3 is 2.63 bits per heavy atom. The molecule has 0 bridgehead atoms. The molecule has 0 radical (unpaired) electrons. The molecule has 0 aromatic heterocycles. The smallest absolute Gasteiger partial charge is 0.253 e. The molecule has 27 heavy (non-hydrogen) atoms. The van der Waals surface area contributed by atoms with Gasteiger partial charge in [-0.15, -0.1) is 0 Å². The van der Waals surface area contributed by atoms with Gasteiger partial charge in [0.1, 0.15) is 0 Å². The van der Waals surface area contributed by atoms with Crippen LogP contribution in [-0.2, 0) is 6.42 Å². The summed E-state index contributed by atoms with van der Waals surface area (Å²) in [4.78, 5) is 27.1.